The minimum Gasteiger partial charge on any atom is -0.465 e. The number of sulfonamides is 1. The van der Waals surface area contributed by atoms with Crippen LogP contribution in [0, 0.1) is 0 Å². The summed E-state index contributed by atoms with van der Waals surface area (Å²) >= 11 is 0. The number of hydrogen-bond acceptors (Lipinski definition) is 6. The molecule has 0 aliphatic carbocycles. The zero-order valence-electron chi connectivity index (χ0n) is 12.8. The Hall–Kier alpha value is -2.26. The monoisotopic (exact) mass is 338 g/mol. The molecule has 1 heterocycles. The molecule has 0 radical (unpaired) electrons. The van der Waals surface area contributed by atoms with Crippen LogP contribution in [-0.2, 0) is 27.1 Å². The van der Waals surface area contributed by atoms with E-state index < -0.39 is 16.0 Å². The molecule has 0 fully saturated rings. The van der Waals surface area contributed by atoms with Crippen molar-refractivity contribution in [1.82, 2.24) is 19.5 Å². The molecule has 2 rings (SSSR count). The number of esters is 1. The first kappa shape index (κ1) is 17.1. The van der Waals surface area contributed by atoms with Crippen LogP contribution in [0.1, 0.15) is 22.8 Å². The summed E-state index contributed by atoms with van der Waals surface area (Å²) < 4.78 is 33.1. The molecule has 0 amide bonds. The van der Waals surface area contributed by atoms with Gasteiger partial charge in [0.15, 0.2) is 0 Å². The summed E-state index contributed by atoms with van der Waals surface area (Å²) in [6.07, 6.45) is 2.92. The maximum absolute atomic E-state index is 12.2. The van der Waals surface area contributed by atoms with Crippen LogP contribution in [0.5, 0.6) is 0 Å². The second-order valence-electron chi connectivity index (χ2n) is 5.08. The molecule has 1 aromatic carbocycles. The Morgan fingerprint density at radius 3 is 2.61 bits per heavy atom. The van der Waals surface area contributed by atoms with Crippen LogP contribution in [0.3, 0.4) is 0 Å². The van der Waals surface area contributed by atoms with E-state index in [1.165, 1.54) is 31.9 Å². The lowest BCUT2D eigenvalue weighted by Crippen LogP contribution is -2.36. The standard InChI is InChI=1S/C14H18N4O4S/c1-11(7-18-10-15-9-16-18)17-23(20,21)8-12-3-5-13(6-4-12)14(19)22-2/h3-6,9-11,17H,7-8H2,1-2H3/t11-/m1/s1. The lowest BCUT2D eigenvalue weighted by atomic mass is 10.1. The van der Waals surface area contributed by atoms with Crippen LogP contribution in [0.4, 0.5) is 0 Å². The average molecular weight is 338 g/mol. The molecule has 0 unspecified atom stereocenters. The zero-order valence-corrected chi connectivity index (χ0v) is 13.7. The number of carbonyl (C=O) groups excluding carboxylic acids is 1. The first-order chi connectivity index (χ1) is 10.9. The summed E-state index contributed by atoms with van der Waals surface area (Å²) in [5, 5.41) is 3.93. The quantitative estimate of drug-likeness (QED) is 0.741. The molecule has 9 heteroatoms. The fraction of sp³-hybridized carbons (Fsp3) is 0.357. The lowest BCUT2D eigenvalue weighted by Gasteiger charge is -2.14. The maximum atomic E-state index is 12.2. The molecule has 0 saturated carbocycles. The van der Waals surface area contributed by atoms with E-state index >= 15 is 0 Å². The van der Waals surface area contributed by atoms with E-state index in [-0.39, 0.29) is 11.8 Å². The smallest absolute Gasteiger partial charge is 0.337 e. The molecular weight excluding hydrogens is 320 g/mol. The van der Waals surface area contributed by atoms with Crippen molar-refractivity contribution in [3.8, 4) is 0 Å². The molecular formula is C14H18N4O4S. The molecule has 0 bridgehead atoms. The second-order valence-corrected chi connectivity index (χ2v) is 6.84. The topological polar surface area (TPSA) is 103 Å². The van der Waals surface area contributed by atoms with Gasteiger partial charge in [0.05, 0.1) is 25.0 Å². The van der Waals surface area contributed by atoms with Crippen molar-refractivity contribution in [3.05, 3.63) is 48.0 Å². The molecule has 0 aliphatic heterocycles. The van der Waals surface area contributed by atoms with Gasteiger partial charge < -0.3 is 4.74 Å². The Labute approximate surface area is 134 Å². The number of carbonyl (C=O) groups is 1. The minimum atomic E-state index is -3.50. The van der Waals surface area contributed by atoms with E-state index in [9.17, 15) is 13.2 Å². The van der Waals surface area contributed by atoms with Crippen LogP contribution < -0.4 is 4.72 Å². The number of aromatic nitrogens is 3. The van der Waals surface area contributed by atoms with Crippen molar-refractivity contribution in [2.45, 2.75) is 25.3 Å². The van der Waals surface area contributed by atoms with Gasteiger partial charge in [-0.05, 0) is 24.6 Å². The van der Waals surface area contributed by atoms with Crippen molar-refractivity contribution < 1.29 is 17.9 Å². The van der Waals surface area contributed by atoms with Gasteiger partial charge in [0, 0.05) is 6.04 Å². The number of hydrogen-bond donors (Lipinski definition) is 1. The molecule has 1 atom stereocenters. The van der Waals surface area contributed by atoms with Gasteiger partial charge in [-0.2, -0.15) is 5.10 Å². The number of benzene rings is 1. The summed E-state index contributed by atoms with van der Waals surface area (Å²) in [6.45, 7) is 2.14. The summed E-state index contributed by atoms with van der Waals surface area (Å²) in [7, 11) is -2.21. The molecule has 8 nitrogen and oxygen atoms in total. The highest BCUT2D eigenvalue weighted by atomic mass is 32.2. The number of nitrogens with one attached hydrogen (secondary N) is 1. The van der Waals surface area contributed by atoms with Crippen LogP contribution in [0.2, 0.25) is 0 Å². The highest BCUT2D eigenvalue weighted by Gasteiger charge is 2.16. The van der Waals surface area contributed by atoms with Gasteiger partial charge in [-0.1, -0.05) is 12.1 Å². The van der Waals surface area contributed by atoms with Crippen molar-refractivity contribution in [2.75, 3.05) is 7.11 Å². The molecule has 1 aromatic heterocycles. The van der Waals surface area contributed by atoms with Gasteiger partial charge in [0.2, 0.25) is 10.0 Å². The SMILES string of the molecule is COC(=O)c1ccc(CS(=O)(=O)N[C@H](C)Cn2cncn2)cc1. The molecule has 124 valence electrons. The molecule has 0 saturated heterocycles. The molecule has 23 heavy (non-hydrogen) atoms. The molecule has 2 aromatic rings. The largest absolute Gasteiger partial charge is 0.465 e. The number of ether oxygens (including phenoxy) is 1. The van der Waals surface area contributed by atoms with Gasteiger partial charge in [0.1, 0.15) is 12.7 Å². The van der Waals surface area contributed by atoms with Gasteiger partial charge in [-0.3, -0.25) is 4.68 Å². The third-order valence-corrected chi connectivity index (χ3v) is 4.51. The van der Waals surface area contributed by atoms with E-state index in [0.717, 1.165) is 0 Å². The Balaban J connectivity index is 1.96. The Bertz CT molecular complexity index is 742. The van der Waals surface area contributed by atoms with Crippen molar-refractivity contribution in [1.29, 1.82) is 0 Å². The van der Waals surface area contributed by atoms with E-state index in [1.807, 2.05) is 0 Å². The maximum Gasteiger partial charge on any atom is 0.337 e. The van der Waals surface area contributed by atoms with Crippen molar-refractivity contribution in [3.63, 3.8) is 0 Å². The normalized spacial score (nSPS) is 12.8. The second kappa shape index (κ2) is 7.34. The van der Waals surface area contributed by atoms with Gasteiger partial charge >= 0.3 is 5.97 Å². The first-order valence-electron chi connectivity index (χ1n) is 6.89. The Morgan fingerprint density at radius 2 is 2.04 bits per heavy atom. The Morgan fingerprint density at radius 1 is 1.35 bits per heavy atom. The van der Waals surface area contributed by atoms with E-state index in [4.69, 9.17) is 0 Å². The predicted octanol–water partition coefficient (Wildman–Crippen LogP) is 0.573. The van der Waals surface area contributed by atoms with Crippen LogP contribution in [0.25, 0.3) is 0 Å². The highest BCUT2D eigenvalue weighted by Crippen LogP contribution is 2.09. The summed E-state index contributed by atoms with van der Waals surface area (Å²) in [5.41, 5.74) is 0.958. The lowest BCUT2D eigenvalue weighted by molar-refractivity contribution is 0.0600. The molecule has 1 N–H and O–H groups in total. The van der Waals surface area contributed by atoms with E-state index in [1.54, 1.807) is 23.7 Å². The van der Waals surface area contributed by atoms with Crippen LogP contribution >= 0.6 is 0 Å². The van der Waals surface area contributed by atoms with Crippen LogP contribution in [-0.4, -0.2) is 42.3 Å². The summed E-state index contributed by atoms with van der Waals surface area (Å²) in [6, 6.07) is 5.93. The van der Waals surface area contributed by atoms with E-state index in [2.05, 4.69) is 19.5 Å². The number of methoxy groups -OCH3 is 1. The molecule has 0 spiro atoms. The highest BCUT2D eigenvalue weighted by molar-refractivity contribution is 7.88. The predicted molar refractivity (Wildman–Crippen MR) is 83.0 cm³/mol. The minimum absolute atomic E-state index is 0.170. The fourth-order valence-corrected chi connectivity index (χ4v) is 3.47. The summed E-state index contributed by atoms with van der Waals surface area (Å²) in [4.78, 5) is 15.1. The number of rotatable bonds is 7. The number of nitrogens with zero attached hydrogens (tertiary/aromatic N) is 3. The third kappa shape index (κ3) is 5.15. The summed E-state index contributed by atoms with van der Waals surface area (Å²) in [5.74, 6) is -0.630. The van der Waals surface area contributed by atoms with Gasteiger partial charge in [0.25, 0.3) is 0 Å². The third-order valence-electron chi connectivity index (χ3n) is 3.04. The van der Waals surface area contributed by atoms with Crippen molar-refractivity contribution >= 4 is 16.0 Å². The first-order valence-corrected chi connectivity index (χ1v) is 8.54. The van der Waals surface area contributed by atoms with E-state index in [0.29, 0.717) is 17.7 Å². The fourth-order valence-electron chi connectivity index (χ4n) is 2.07. The van der Waals surface area contributed by atoms with Gasteiger partial charge in [-0.15, -0.1) is 0 Å². The zero-order chi connectivity index (χ0) is 16.9. The Kier molecular flexibility index (Phi) is 5.45. The van der Waals surface area contributed by atoms with Gasteiger partial charge in [-0.25, -0.2) is 22.9 Å². The van der Waals surface area contributed by atoms with Crippen LogP contribution in [0.15, 0.2) is 36.9 Å². The molecule has 0 aliphatic rings. The average Bonchev–Trinajstić information content (AvgIpc) is 2.98. The van der Waals surface area contributed by atoms with Crippen molar-refractivity contribution in [2.24, 2.45) is 0 Å².